The Bertz CT molecular complexity index is 933. The molecule has 146 valence electrons. The van der Waals surface area contributed by atoms with Crippen LogP contribution in [0.25, 0.3) is 16.4 Å². The quantitative estimate of drug-likeness (QED) is 0.573. The summed E-state index contributed by atoms with van der Waals surface area (Å²) in [6.45, 7) is 4.83. The lowest BCUT2D eigenvalue weighted by Gasteiger charge is -2.26. The van der Waals surface area contributed by atoms with Crippen LogP contribution in [0.5, 0.6) is 0 Å². The van der Waals surface area contributed by atoms with E-state index in [4.69, 9.17) is 9.72 Å². The summed E-state index contributed by atoms with van der Waals surface area (Å²) in [6, 6.07) is 10.1. The highest BCUT2D eigenvalue weighted by atomic mass is 32.2. The van der Waals surface area contributed by atoms with Crippen LogP contribution < -0.4 is 0 Å². The first-order valence-corrected chi connectivity index (χ1v) is 11.3. The third kappa shape index (κ3) is 4.14. The molecule has 6 nitrogen and oxygen atoms in total. The molecular formula is C20H22N4O2S2. The minimum absolute atomic E-state index is 0.324. The number of carbonyl (C=O) groups is 1. The van der Waals surface area contributed by atoms with E-state index in [0.717, 1.165) is 46.7 Å². The van der Waals surface area contributed by atoms with E-state index >= 15 is 0 Å². The van der Waals surface area contributed by atoms with Crippen molar-refractivity contribution in [3.05, 3.63) is 53.2 Å². The SMILES string of the molecule is CCOC(=O)c1cnn(-c2nc(-c3ccccc3)cs2)c1CN1CCSCC1. The smallest absolute Gasteiger partial charge is 0.341 e. The number of ether oxygens (including phenoxy) is 1. The van der Waals surface area contributed by atoms with Crippen molar-refractivity contribution in [2.45, 2.75) is 13.5 Å². The number of hydrogen-bond donors (Lipinski definition) is 0. The molecule has 8 heteroatoms. The first-order valence-electron chi connectivity index (χ1n) is 9.31. The lowest BCUT2D eigenvalue weighted by Crippen LogP contribution is -2.33. The standard InChI is InChI=1S/C20H22N4O2S2/c1-2-26-19(25)16-12-21-24(18(16)13-23-8-10-27-11-9-23)20-22-17(14-28-20)15-6-4-3-5-7-15/h3-7,12,14H,2,8-11,13H2,1H3. The lowest BCUT2D eigenvalue weighted by molar-refractivity contribution is 0.0524. The fourth-order valence-corrected chi connectivity index (χ4v) is 4.94. The fraction of sp³-hybridized carbons (Fsp3) is 0.350. The summed E-state index contributed by atoms with van der Waals surface area (Å²) in [6.07, 6.45) is 1.61. The zero-order valence-electron chi connectivity index (χ0n) is 15.7. The molecule has 0 radical (unpaired) electrons. The zero-order valence-corrected chi connectivity index (χ0v) is 17.3. The van der Waals surface area contributed by atoms with Gasteiger partial charge in [0.2, 0.25) is 5.13 Å². The molecule has 28 heavy (non-hydrogen) atoms. The average Bonchev–Trinajstić information content (AvgIpc) is 3.37. The van der Waals surface area contributed by atoms with Crippen molar-refractivity contribution in [2.24, 2.45) is 0 Å². The number of nitrogens with zero attached hydrogens (tertiary/aromatic N) is 4. The van der Waals surface area contributed by atoms with Crippen LogP contribution >= 0.6 is 23.1 Å². The van der Waals surface area contributed by atoms with Gasteiger partial charge < -0.3 is 4.74 Å². The largest absolute Gasteiger partial charge is 0.462 e. The molecule has 0 aliphatic carbocycles. The molecule has 2 aromatic heterocycles. The molecule has 0 atom stereocenters. The van der Waals surface area contributed by atoms with Crippen LogP contribution in [-0.4, -0.2) is 56.8 Å². The maximum absolute atomic E-state index is 12.5. The molecule has 0 N–H and O–H groups in total. The Morgan fingerprint density at radius 2 is 2.00 bits per heavy atom. The first kappa shape index (κ1) is 19.2. The van der Waals surface area contributed by atoms with Crippen LogP contribution in [0.15, 0.2) is 41.9 Å². The number of rotatable bonds is 6. The normalized spacial score (nSPS) is 14.9. The van der Waals surface area contributed by atoms with Gasteiger partial charge in [-0.05, 0) is 6.92 Å². The van der Waals surface area contributed by atoms with E-state index in [9.17, 15) is 4.79 Å². The summed E-state index contributed by atoms with van der Waals surface area (Å²) in [7, 11) is 0. The second kappa shape index (κ2) is 8.89. The number of hydrogen-bond acceptors (Lipinski definition) is 7. The summed E-state index contributed by atoms with van der Waals surface area (Å²) in [5.74, 6) is 1.89. The van der Waals surface area contributed by atoms with Gasteiger partial charge in [0, 0.05) is 42.1 Å². The molecule has 4 rings (SSSR count). The summed E-state index contributed by atoms with van der Waals surface area (Å²) in [4.78, 5) is 19.6. The topological polar surface area (TPSA) is 60.2 Å². The molecule has 1 aromatic carbocycles. The van der Waals surface area contributed by atoms with E-state index in [2.05, 4.69) is 10.00 Å². The molecular weight excluding hydrogens is 392 g/mol. The van der Waals surface area contributed by atoms with Crippen LogP contribution in [0.4, 0.5) is 0 Å². The van der Waals surface area contributed by atoms with E-state index in [0.29, 0.717) is 18.7 Å². The maximum atomic E-state index is 12.5. The Balaban J connectivity index is 1.68. The Hall–Kier alpha value is -2.16. The van der Waals surface area contributed by atoms with Crippen LogP contribution in [0.2, 0.25) is 0 Å². The molecule has 0 unspecified atom stereocenters. The summed E-state index contributed by atoms with van der Waals surface area (Å²) >= 11 is 3.49. The first-order chi connectivity index (χ1) is 13.8. The average molecular weight is 415 g/mol. The minimum Gasteiger partial charge on any atom is -0.462 e. The highest BCUT2D eigenvalue weighted by Crippen LogP contribution is 2.26. The van der Waals surface area contributed by atoms with Crippen molar-refractivity contribution in [2.75, 3.05) is 31.2 Å². The van der Waals surface area contributed by atoms with Gasteiger partial charge in [0.25, 0.3) is 0 Å². The monoisotopic (exact) mass is 414 g/mol. The van der Waals surface area contributed by atoms with E-state index in [1.54, 1.807) is 10.9 Å². The van der Waals surface area contributed by atoms with Crippen molar-refractivity contribution in [3.63, 3.8) is 0 Å². The van der Waals surface area contributed by atoms with Crippen LogP contribution in [0.1, 0.15) is 23.0 Å². The molecule has 0 bridgehead atoms. The molecule has 1 fully saturated rings. The van der Waals surface area contributed by atoms with Gasteiger partial charge in [-0.2, -0.15) is 16.9 Å². The zero-order chi connectivity index (χ0) is 19.3. The Kier molecular flexibility index (Phi) is 6.09. The van der Waals surface area contributed by atoms with Gasteiger partial charge in [0.1, 0.15) is 5.56 Å². The van der Waals surface area contributed by atoms with E-state index in [-0.39, 0.29) is 5.97 Å². The lowest BCUT2D eigenvalue weighted by atomic mass is 10.2. The number of thioether (sulfide) groups is 1. The third-order valence-corrected chi connectivity index (χ3v) is 6.34. The van der Waals surface area contributed by atoms with Gasteiger partial charge in [-0.15, -0.1) is 11.3 Å². The fourth-order valence-electron chi connectivity index (χ4n) is 3.14. The molecule has 1 aliphatic rings. The second-order valence-corrected chi connectivity index (χ2v) is 8.47. The number of aromatic nitrogens is 3. The molecule has 3 heterocycles. The Labute approximate surface area is 172 Å². The summed E-state index contributed by atoms with van der Waals surface area (Å²) in [5.41, 5.74) is 3.35. The van der Waals surface area contributed by atoms with Crippen molar-refractivity contribution in [1.82, 2.24) is 19.7 Å². The molecule has 1 saturated heterocycles. The van der Waals surface area contributed by atoms with Crippen LogP contribution in [0, 0.1) is 0 Å². The molecule has 0 spiro atoms. The van der Waals surface area contributed by atoms with Gasteiger partial charge >= 0.3 is 5.97 Å². The Morgan fingerprint density at radius 3 is 2.75 bits per heavy atom. The maximum Gasteiger partial charge on any atom is 0.341 e. The second-order valence-electron chi connectivity index (χ2n) is 6.41. The van der Waals surface area contributed by atoms with E-state index in [1.807, 2.05) is 54.4 Å². The minimum atomic E-state index is -0.324. The van der Waals surface area contributed by atoms with Gasteiger partial charge in [-0.3, -0.25) is 4.90 Å². The van der Waals surface area contributed by atoms with Crippen molar-refractivity contribution < 1.29 is 9.53 Å². The number of benzene rings is 1. The summed E-state index contributed by atoms with van der Waals surface area (Å²) in [5, 5.41) is 7.28. The predicted octanol–water partition coefficient (Wildman–Crippen LogP) is 3.72. The van der Waals surface area contributed by atoms with Gasteiger partial charge in [0.05, 0.1) is 24.2 Å². The third-order valence-electron chi connectivity index (χ3n) is 4.58. The number of thiazole rings is 1. The van der Waals surface area contributed by atoms with Crippen LogP contribution in [0.3, 0.4) is 0 Å². The molecule has 3 aromatic rings. The highest BCUT2D eigenvalue weighted by Gasteiger charge is 2.24. The van der Waals surface area contributed by atoms with E-state index in [1.165, 1.54) is 11.3 Å². The molecule has 0 saturated carbocycles. The Morgan fingerprint density at radius 1 is 1.21 bits per heavy atom. The van der Waals surface area contributed by atoms with Gasteiger partial charge in [-0.25, -0.2) is 14.5 Å². The molecule has 1 aliphatic heterocycles. The van der Waals surface area contributed by atoms with Crippen molar-refractivity contribution in [3.8, 4) is 16.4 Å². The van der Waals surface area contributed by atoms with Crippen molar-refractivity contribution >= 4 is 29.1 Å². The van der Waals surface area contributed by atoms with Crippen molar-refractivity contribution in [1.29, 1.82) is 0 Å². The number of carbonyl (C=O) groups excluding carboxylic acids is 1. The predicted molar refractivity (Wildman–Crippen MR) is 113 cm³/mol. The van der Waals surface area contributed by atoms with Gasteiger partial charge in [0.15, 0.2) is 0 Å². The van der Waals surface area contributed by atoms with Crippen LogP contribution in [-0.2, 0) is 11.3 Å². The number of esters is 1. The highest BCUT2D eigenvalue weighted by molar-refractivity contribution is 7.99. The van der Waals surface area contributed by atoms with E-state index < -0.39 is 0 Å². The van der Waals surface area contributed by atoms with Gasteiger partial charge in [-0.1, -0.05) is 30.3 Å². The summed E-state index contributed by atoms with van der Waals surface area (Å²) < 4.78 is 7.05. The molecule has 0 amide bonds.